The van der Waals surface area contributed by atoms with E-state index in [0.29, 0.717) is 0 Å². The lowest BCUT2D eigenvalue weighted by atomic mass is 10.2. The van der Waals surface area contributed by atoms with Crippen LogP contribution in [-0.2, 0) is 19.7 Å². The van der Waals surface area contributed by atoms with Gasteiger partial charge in [-0.05, 0) is 12.8 Å². The molecule has 0 heterocycles. The molecule has 0 aliphatic heterocycles. The Kier molecular flexibility index (Phi) is 4.51. The summed E-state index contributed by atoms with van der Waals surface area (Å²) in [6.07, 6.45) is -0.869. The van der Waals surface area contributed by atoms with Gasteiger partial charge in [0.15, 0.2) is 5.25 Å². The van der Waals surface area contributed by atoms with Gasteiger partial charge < -0.3 is 10.2 Å². The Morgan fingerprint density at radius 3 is 2.00 bits per heavy atom. The fourth-order valence-electron chi connectivity index (χ4n) is 0.838. The highest BCUT2D eigenvalue weighted by molar-refractivity contribution is 7.87. The molecule has 14 heavy (non-hydrogen) atoms. The van der Waals surface area contributed by atoms with Crippen LogP contribution in [0.25, 0.3) is 0 Å². The normalized spacial score (nSPS) is 13.5. The summed E-state index contributed by atoms with van der Waals surface area (Å²) in [5, 5.41) is 14.7. The molecule has 0 amide bonds. The number of carbonyl (C=O) groups is 2. The number of hydrogen-bond acceptors (Lipinski definition) is 4. The molecular formula is C6H10O7S. The molecule has 3 N–H and O–H groups in total. The molecule has 0 aromatic carbocycles. The molecule has 0 aromatic rings. The second-order valence-corrected chi connectivity index (χ2v) is 4.23. The lowest BCUT2D eigenvalue weighted by Gasteiger charge is -2.07. The summed E-state index contributed by atoms with van der Waals surface area (Å²) < 4.78 is 29.4. The SMILES string of the molecule is O=C(O)CCC[C@H](C(=O)O)S(=O)(=O)O. The first-order chi connectivity index (χ1) is 6.25. The van der Waals surface area contributed by atoms with E-state index >= 15 is 0 Å². The van der Waals surface area contributed by atoms with Crippen molar-refractivity contribution in [2.45, 2.75) is 24.5 Å². The first-order valence-electron chi connectivity index (χ1n) is 3.66. The van der Waals surface area contributed by atoms with Crippen LogP contribution in [-0.4, -0.2) is 40.4 Å². The molecule has 0 saturated heterocycles. The monoisotopic (exact) mass is 226 g/mol. The minimum atomic E-state index is -4.65. The summed E-state index contributed by atoms with van der Waals surface area (Å²) in [7, 11) is -4.65. The van der Waals surface area contributed by atoms with Gasteiger partial charge in [-0.2, -0.15) is 8.42 Å². The van der Waals surface area contributed by atoms with Crippen LogP contribution >= 0.6 is 0 Å². The molecule has 0 fully saturated rings. The largest absolute Gasteiger partial charge is 0.481 e. The lowest BCUT2D eigenvalue weighted by Crippen LogP contribution is -2.29. The van der Waals surface area contributed by atoms with Crippen molar-refractivity contribution < 1.29 is 32.8 Å². The van der Waals surface area contributed by atoms with Crippen molar-refractivity contribution in [2.24, 2.45) is 0 Å². The highest BCUT2D eigenvalue weighted by Crippen LogP contribution is 2.09. The Hall–Kier alpha value is -1.15. The van der Waals surface area contributed by atoms with E-state index in [1.165, 1.54) is 0 Å². The fraction of sp³-hybridized carbons (Fsp3) is 0.667. The molecule has 0 radical (unpaired) electrons. The molecule has 0 spiro atoms. The zero-order valence-corrected chi connectivity index (χ0v) is 7.90. The van der Waals surface area contributed by atoms with Crippen LogP contribution in [0.3, 0.4) is 0 Å². The lowest BCUT2D eigenvalue weighted by molar-refractivity contribution is -0.139. The molecule has 8 heteroatoms. The second-order valence-electron chi connectivity index (χ2n) is 2.63. The molecule has 0 saturated carbocycles. The molecule has 0 aromatic heterocycles. The van der Waals surface area contributed by atoms with Crippen LogP contribution in [0.15, 0.2) is 0 Å². The minimum absolute atomic E-state index is 0.119. The highest BCUT2D eigenvalue weighted by atomic mass is 32.2. The fourth-order valence-corrected chi connectivity index (χ4v) is 1.56. The number of carboxylic acid groups (broad SMARTS) is 2. The average Bonchev–Trinajstić information content (AvgIpc) is 1.94. The van der Waals surface area contributed by atoms with Gasteiger partial charge in [0, 0.05) is 6.42 Å². The number of rotatable bonds is 6. The molecule has 0 unspecified atom stereocenters. The maximum absolute atomic E-state index is 10.5. The zero-order chi connectivity index (χ0) is 11.4. The summed E-state index contributed by atoms with van der Waals surface area (Å²) in [6.45, 7) is 0. The minimum Gasteiger partial charge on any atom is -0.481 e. The van der Waals surface area contributed by atoms with Crippen molar-refractivity contribution >= 4 is 22.1 Å². The third kappa shape index (κ3) is 4.77. The van der Waals surface area contributed by atoms with Crippen LogP contribution in [0.5, 0.6) is 0 Å². The van der Waals surface area contributed by atoms with E-state index in [-0.39, 0.29) is 12.8 Å². The molecule has 1 atom stereocenters. The Morgan fingerprint density at radius 1 is 1.21 bits per heavy atom. The maximum atomic E-state index is 10.5. The Morgan fingerprint density at radius 2 is 1.71 bits per heavy atom. The van der Waals surface area contributed by atoms with Gasteiger partial charge >= 0.3 is 11.9 Å². The van der Waals surface area contributed by atoms with E-state index in [1.54, 1.807) is 0 Å². The Labute approximate surface area is 80.1 Å². The molecular weight excluding hydrogens is 216 g/mol. The quantitative estimate of drug-likeness (QED) is 0.524. The van der Waals surface area contributed by atoms with Gasteiger partial charge in [0.05, 0.1) is 0 Å². The van der Waals surface area contributed by atoms with Crippen LogP contribution in [0, 0.1) is 0 Å². The number of hydrogen-bond donors (Lipinski definition) is 3. The zero-order valence-electron chi connectivity index (χ0n) is 7.08. The van der Waals surface area contributed by atoms with E-state index in [0.717, 1.165) is 0 Å². The molecule has 82 valence electrons. The van der Waals surface area contributed by atoms with Gasteiger partial charge in [0.1, 0.15) is 0 Å². The summed E-state index contributed by atoms with van der Waals surface area (Å²) in [5.74, 6) is -2.83. The van der Waals surface area contributed by atoms with Gasteiger partial charge in [-0.15, -0.1) is 0 Å². The topological polar surface area (TPSA) is 129 Å². The summed E-state index contributed by atoms with van der Waals surface area (Å²) in [5.41, 5.74) is 0. The van der Waals surface area contributed by atoms with E-state index in [4.69, 9.17) is 14.8 Å². The third-order valence-corrected chi connectivity index (χ3v) is 2.65. The van der Waals surface area contributed by atoms with Crippen molar-refractivity contribution in [2.75, 3.05) is 0 Å². The van der Waals surface area contributed by atoms with Crippen LogP contribution in [0.1, 0.15) is 19.3 Å². The van der Waals surface area contributed by atoms with E-state index in [9.17, 15) is 18.0 Å². The van der Waals surface area contributed by atoms with Crippen molar-refractivity contribution in [1.82, 2.24) is 0 Å². The maximum Gasteiger partial charge on any atom is 0.324 e. The summed E-state index contributed by atoms with van der Waals surface area (Å²) >= 11 is 0. The van der Waals surface area contributed by atoms with Gasteiger partial charge in [0.25, 0.3) is 10.1 Å². The second kappa shape index (κ2) is 4.91. The predicted molar refractivity (Wildman–Crippen MR) is 44.5 cm³/mol. The average molecular weight is 226 g/mol. The molecule has 0 aliphatic rings. The van der Waals surface area contributed by atoms with Gasteiger partial charge in [0.2, 0.25) is 0 Å². The van der Waals surface area contributed by atoms with E-state index < -0.39 is 33.7 Å². The molecule has 0 rings (SSSR count). The van der Waals surface area contributed by atoms with Crippen molar-refractivity contribution in [3.05, 3.63) is 0 Å². The first kappa shape index (κ1) is 12.8. The van der Waals surface area contributed by atoms with Gasteiger partial charge in [-0.1, -0.05) is 0 Å². The van der Waals surface area contributed by atoms with E-state index in [2.05, 4.69) is 0 Å². The van der Waals surface area contributed by atoms with Crippen molar-refractivity contribution in [3.63, 3.8) is 0 Å². The first-order valence-corrected chi connectivity index (χ1v) is 5.16. The molecule has 0 aliphatic carbocycles. The smallest absolute Gasteiger partial charge is 0.324 e. The van der Waals surface area contributed by atoms with Crippen molar-refractivity contribution in [1.29, 1.82) is 0 Å². The van der Waals surface area contributed by atoms with Gasteiger partial charge in [-0.3, -0.25) is 14.1 Å². The van der Waals surface area contributed by atoms with E-state index in [1.807, 2.05) is 0 Å². The third-order valence-electron chi connectivity index (χ3n) is 1.49. The predicted octanol–water partition coefficient (Wildman–Crippen LogP) is -0.418. The molecule has 7 nitrogen and oxygen atoms in total. The Bertz CT molecular complexity index is 317. The van der Waals surface area contributed by atoms with Crippen LogP contribution in [0.4, 0.5) is 0 Å². The Balaban J connectivity index is 4.28. The van der Waals surface area contributed by atoms with Crippen LogP contribution < -0.4 is 0 Å². The van der Waals surface area contributed by atoms with Crippen LogP contribution in [0.2, 0.25) is 0 Å². The summed E-state index contributed by atoms with van der Waals surface area (Å²) in [6, 6.07) is 0. The number of carboxylic acids is 2. The summed E-state index contributed by atoms with van der Waals surface area (Å²) in [4.78, 5) is 20.4. The standard InChI is InChI=1S/C6H10O7S/c7-5(8)3-1-2-4(6(9)10)14(11,12)13/h4H,1-3H2,(H,7,8)(H,9,10)(H,11,12,13)/t4-/m1/s1. The van der Waals surface area contributed by atoms with Gasteiger partial charge in [-0.25, -0.2) is 0 Å². The van der Waals surface area contributed by atoms with Crippen molar-refractivity contribution in [3.8, 4) is 0 Å². The number of aliphatic carboxylic acids is 2. The highest BCUT2D eigenvalue weighted by Gasteiger charge is 2.30. The molecule has 0 bridgehead atoms.